The second kappa shape index (κ2) is 12.3. The molecule has 0 atom stereocenters. The molecule has 1 N–H and O–H groups in total. The molecule has 41 heavy (non-hydrogen) atoms. The zero-order chi connectivity index (χ0) is 29.8. The fourth-order valence-electron chi connectivity index (χ4n) is 4.83. The van der Waals surface area contributed by atoms with Gasteiger partial charge in [0, 0.05) is 25.2 Å². The number of imidazole rings is 1. The predicted molar refractivity (Wildman–Crippen MR) is 153 cm³/mol. The lowest BCUT2D eigenvalue weighted by Crippen LogP contribution is -2.38. The Hall–Kier alpha value is -4.61. The van der Waals surface area contributed by atoms with Crippen LogP contribution in [-0.2, 0) is 16.0 Å². The van der Waals surface area contributed by atoms with E-state index in [1.54, 1.807) is 37.3 Å². The molecule has 6 rings (SSSR count). The molecule has 11 nitrogen and oxygen atoms in total. The lowest BCUT2D eigenvalue weighted by molar-refractivity contribution is 0.0196. The SMILES string of the molecule is [2H]C([2H])(c1ccc(-c2ccccc2-c2nn[nH]n2)cc1)n1c(OCC)nc2cccc(C(=O)OCCN3CCOCC3)c21. The van der Waals surface area contributed by atoms with Gasteiger partial charge in [-0.25, -0.2) is 4.79 Å². The number of rotatable bonds is 10. The van der Waals surface area contributed by atoms with Crippen LogP contribution < -0.4 is 4.74 Å². The summed E-state index contributed by atoms with van der Waals surface area (Å²) < 4.78 is 36.7. The number of hydrogen-bond donors (Lipinski definition) is 1. The molecule has 5 aromatic rings. The monoisotopic (exact) mass is 555 g/mol. The van der Waals surface area contributed by atoms with Gasteiger partial charge in [0.25, 0.3) is 6.01 Å². The maximum atomic E-state index is 13.3. The van der Waals surface area contributed by atoms with Crippen LogP contribution in [0.4, 0.5) is 0 Å². The Kier molecular flexibility index (Phi) is 7.25. The molecule has 210 valence electrons. The summed E-state index contributed by atoms with van der Waals surface area (Å²) in [7, 11) is 0. The van der Waals surface area contributed by atoms with E-state index < -0.39 is 12.5 Å². The van der Waals surface area contributed by atoms with Crippen LogP contribution >= 0.6 is 0 Å². The van der Waals surface area contributed by atoms with Crippen LogP contribution in [0.3, 0.4) is 0 Å². The van der Waals surface area contributed by atoms with E-state index in [1.165, 1.54) is 4.57 Å². The van der Waals surface area contributed by atoms with Crippen LogP contribution in [-0.4, -0.2) is 87.1 Å². The summed E-state index contributed by atoms with van der Waals surface area (Å²) in [6, 6.07) is 19.9. The van der Waals surface area contributed by atoms with Crippen molar-refractivity contribution in [2.24, 2.45) is 0 Å². The Balaban J connectivity index is 1.33. The molecule has 1 fully saturated rings. The maximum Gasteiger partial charge on any atom is 0.340 e. The number of hydrogen-bond acceptors (Lipinski definition) is 9. The van der Waals surface area contributed by atoms with Gasteiger partial charge in [0.2, 0.25) is 5.82 Å². The van der Waals surface area contributed by atoms with Gasteiger partial charge in [-0.05, 0) is 41.0 Å². The molecule has 0 amide bonds. The van der Waals surface area contributed by atoms with Crippen molar-refractivity contribution in [1.29, 1.82) is 0 Å². The number of fused-ring (bicyclic) bond motifs is 1. The highest BCUT2D eigenvalue weighted by Gasteiger charge is 2.21. The molecule has 0 saturated carbocycles. The highest BCUT2D eigenvalue weighted by molar-refractivity contribution is 6.02. The van der Waals surface area contributed by atoms with E-state index in [4.69, 9.17) is 14.2 Å². The lowest BCUT2D eigenvalue weighted by Gasteiger charge is -2.26. The van der Waals surface area contributed by atoms with Gasteiger partial charge in [-0.3, -0.25) is 9.47 Å². The number of nitrogens with zero attached hydrogens (tertiary/aromatic N) is 6. The Labute approximate surface area is 239 Å². The Morgan fingerprint density at radius 1 is 1.05 bits per heavy atom. The first-order valence-corrected chi connectivity index (χ1v) is 13.5. The van der Waals surface area contributed by atoms with Gasteiger partial charge in [0.1, 0.15) is 6.61 Å². The Morgan fingerprint density at radius 3 is 2.61 bits per heavy atom. The molecular formula is C30H31N7O4. The number of carbonyl (C=O) groups is 1. The predicted octanol–water partition coefficient (Wildman–Crippen LogP) is 3.82. The Bertz CT molecular complexity index is 1700. The van der Waals surface area contributed by atoms with Gasteiger partial charge < -0.3 is 14.2 Å². The summed E-state index contributed by atoms with van der Waals surface area (Å²) in [4.78, 5) is 20.0. The van der Waals surface area contributed by atoms with Crippen LogP contribution in [0.15, 0.2) is 66.7 Å². The average Bonchev–Trinajstić information content (AvgIpc) is 3.70. The van der Waals surface area contributed by atoms with E-state index in [-0.39, 0.29) is 24.8 Å². The molecular weight excluding hydrogens is 522 g/mol. The van der Waals surface area contributed by atoms with Crippen molar-refractivity contribution < 1.29 is 21.7 Å². The maximum absolute atomic E-state index is 13.3. The van der Waals surface area contributed by atoms with Crippen molar-refractivity contribution in [3.05, 3.63) is 77.9 Å². The quantitative estimate of drug-likeness (QED) is 0.256. The first-order chi connectivity index (χ1) is 21.0. The number of H-pyrrole nitrogens is 1. The second-order valence-electron chi connectivity index (χ2n) is 9.40. The number of benzene rings is 3. The van der Waals surface area contributed by atoms with Crippen molar-refractivity contribution >= 4 is 17.0 Å². The van der Waals surface area contributed by atoms with Gasteiger partial charge in [0.15, 0.2) is 0 Å². The largest absolute Gasteiger partial charge is 0.465 e. The number of esters is 1. The van der Waals surface area contributed by atoms with Crippen molar-refractivity contribution in [2.45, 2.75) is 13.4 Å². The van der Waals surface area contributed by atoms with Crippen LogP contribution in [0.2, 0.25) is 0 Å². The highest BCUT2D eigenvalue weighted by atomic mass is 16.5. The Morgan fingerprint density at radius 2 is 1.85 bits per heavy atom. The molecule has 0 bridgehead atoms. The summed E-state index contributed by atoms with van der Waals surface area (Å²) in [6.45, 7) is 3.65. The number of ether oxygens (including phenoxy) is 3. The molecule has 2 aromatic heterocycles. The average molecular weight is 556 g/mol. The molecule has 0 unspecified atom stereocenters. The molecule has 0 spiro atoms. The number of aromatic nitrogens is 6. The van der Waals surface area contributed by atoms with Gasteiger partial charge in [-0.15, -0.1) is 10.2 Å². The van der Waals surface area contributed by atoms with E-state index in [0.29, 0.717) is 42.2 Å². The highest BCUT2D eigenvalue weighted by Crippen LogP contribution is 2.31. The third-order valence-corrected chi connectivity index (χ3v) is 6.83. The third-order valence-electron chi connectivity index (χ3n) is 6.83. The number of tetrazole rings is 1. The van der Waals surface area contributed by atoms with Gasteiger partial charge in [-0.1, -0.05) is 54.6 Å². The number of carbonyl (C=O) groups excluding carboxylic acids is 1. The number of aromatic amines is 1. The van der Waals surface area contributed by atoms with E-state index in [1.807, 2.05) is 36.4 Å². The fraction of sp³-hybridized carbons (Fsp3) is 0.300. The minimum atomic E-state index is -2.13. The normalized spacial score (nSPS) is 15.0. The van der Waals surface area contributed by atoms with Gasteiger partial charge in [0.05, 0.1) is 45.7 Å². The van der Waals surface area contributed by atoms with Crippen LogP contribution in [0, 0.1) is 0 Å². The minimum Gasteiger partial charge on any atom is -0.465 e. The third kappa shape index (κ3) is 5.81. The molecule has 0 radical (unpaired) electrons. The summed E-state index contributed by atoms with van der Waals surface area (Å²) in [5, 5.41) is 14.4. The molecule has 3 aromatic carbocycles. The molecule has 11 heteroatoms. The molecule has 0 aliphatic carbocycles. The summed E-state index contributed by atoms with van der Waals surface area (Å²) in [6.07, 6.45) is 0. The number of para-hydroxylation sites is 1. The lowest BCUT2D eigenvalue weighted by atomic mass is 9.98. The van der Waals surface area contributed by atoms with Gasteiger partial charge in [-0.2, -0.15) is 10.2 Å². The topological polar surface area (TPSA) is 120 Å². The number of nitrogens with one attached hydrogen (secondary N) is 1. The first-order valence-electron chi connectivity index (χ1n) is 14.5. The van der Waals surface area contributed by atoms with Crippen LogP contribution in [0.1, 0.15) is 25.6 Å². The van der Waals surface area contributed by atoms with Crippen LogP contribution in [0.5, 0.6) is 6.01 Å². The minimum absolute atomic E-state index is 0.0718. The van der Waals surface area contributed by atoms with E-state index >= 15 is 0 Å². The fourth-order valence-corrected chi connectivity index (χ4v) is 4.83. The zero-order valence-electron chi connectivity index (χ0n) is 24.6. The first kappa shape index (κ1) is 24.2. The molecule has 3 heterocycles. The summed E-state index contributed by atoms with van der Waals surface area (Å²) >= 11 is 0. The van der Waals surface area contributed by atoms with Crippen LogP contribution in [0.25, 0.3) is 33.5 Å². The van der Waals surface area contributed by atoms with E-state index in [9.17, 15) is 7.54 Å². The van der Waals surface area contributed by atoms with Gasteiger partial charge >= 0.3 is 5.97 Å². The zero-order valence-corrected chi connectivity index (χ0v) is 22.6. The van der Waals surface area contributed by atoms with Crippen molar-refractivity contribution in [3.63, 3.8) is 0 Å². The molecule has 1 aliphatic rings. The van der Waals surface area contributed by atoms with Crippen molar-refractivity contribution in [3.8, 4) is 28.5 Å². The van der Waals surface area contributed by atoms with Crippen molar-refractivity contribution in [1.82, 2.24) is 35.1 Å². The van der Waals surface area contributed by atoms with Crippen molar-refractivity contribution in [2.75, 3.05) is 46.1 Å². The molecule has 1 saturated heterocycles. The standard InChI is InChI=1S/C30H31N7O4/c1-2-40-30-31-26-9-5-8-25(29(38)41-19-16-36-14-17-39-18-15-36)27(26)37(30)20-21-10-12-22(13-11-21)23-6-3-4-7-24(23)28-32-34-35-33-28/h3-13H,2,14-20H2,1H3,(H,32,33,34,35)/i20D2. The summed E-state index contributed by atoms with van der Waals surface area (Å²) in [5.74, 6) is -0.0853. The summed E-state index contributed by atoms with van der Waals surface area (Å²) in [5.41, 5.74) is 3.82. The second-order valence-corrected chi connectivity index (χ2v) is 9.40. The van der Waals surface area contributed by atoms with E-state index in [0.717, 1.165) is 29.8 Å². The number of morpholine rings is 1. The molecule has 1 aliphatic heterocycles. The smallest absolute Gasteiger partial charge is 0.340 e. The van der Waals surface area contributed by atoms with E-state index in [2.05, 4.69) is 30.5 Å².